The first-order valence-electron chi connectivity index (χ1n) is 8.58. The van der Waals surface area contributed by atoms with Gasteiger partial charge in [-0.25, -0.2) is 0 Å². The van der Waals surface area contributed by atoms with E-state index >= 15 is 0 Å². The predicted octanol–water partition coefficient (Wildman–Crippen LogP) is 2.55. The summed E-state index contributed by atoms with van der Waals surface area (Å²) in [4.78, 5) is 2.73. The Morgan fingerprint density at radius 1 is 1.43 bits per heavy atom. The minimum Gasteiger partial charge on any atom is -0.308 e. The number of hydrogen-bond donors (Lipinski definition) is 1. The zero-order chi connectivity index (χ0) is 14.9. The molecule has 21 heavy (non-hydrogen) atoms. The van der Waals surface area contributed by atoms with Crippen LogP contribution in [-0.4, -0.2) is 39.4 Å². The van der Waals surface area contributed by atoms with E-state index in [4.69, 9.17) is 0 Å². The Labute approximate surface area is 128 Å². The minimum absolute atomic E-state index is 0.395. The molecular formula is C17H30N4. The van der Waals surface area contributed by atoms with Gasteiger partial charge in [0.1, 0.15) is 0 Å². The number of nitrogens with zero attached hydrogens (tertiary/aromatic N) is 3. The van der Waals surface area contributed by atoms with Crippen LogP contribution in [0.1, 0.15) is 51.5 Å². The number of aryl methyl sites for hydroxylation is 1. The monoisotopic (exact) mass is 290 g/mol. The molecule has 1 spiro atoms. The molecule has 1 aromatic heterocycles. The summed E-state index contributed by atoms with van der Waals surface area (Å²) in [5.74, 6) is 0.743. The molecule has 0 aromatic carbocycles. The lowest BCUT2D eigenvalue weighted by molar-refractivity contribution is 0.0456. The standard InChI is InChI=1S/C17H30N4/c1-4-14(2)16-10-18-17(7-5-6-8-17)13-21(16)12-15-9-19-20(3)11-15/h9,11,14,16,18H,4-8,10,12-13H2,1-3H3. The molecule has 1 saturated heterocycles. The Hall–Kier alpha value is -0.870. The minimum atomic E-state index is 0.395. The fourth-order valence-corrected chi connectivity index (χ4v) is 4.19. The maximum Gasteiger partial charge on any atom is 0.0534 e. The van der Waals surface area contributed by atoms with E-state index in [-0.39, 0.29) is 0 Å². The van der Waals surface area contributed by atoms with E-state index in [1.807, 2.05) is 17.9 Å². The first kappa shape index (κ1) is 15.0. The van der Waals surface area contributed by atoms with Crippen molar-refractivity contribution in [2.24, 2.45) is 13.0 Å². The molecule has 2 aliphatic rings. The lowest BCUT2D eigenvalue weighted by atomic mass is 9.87. The molecule has 1 N–H and O–H groups in total. The molecule has 4 nitrogen and oxygen atoms in total. The molecule has 2 heterocycles. The first-order chi connectivity index (χ1) is 10.1. The maximum atomic E-state index is 4.34. The summed E-state index contributed by atoms with van der Waals surface area (Å²) in [6, 6.07) is 0.654. The third kappa shape index (κ3) is 3.16. The summed E-state index contributed by atoms with van der Waals surface area (Å²) >= 11 is 0. The van der Waals surface area contributed by atoms with Crippen molar-refractivity contribution in [1.29, 1.82) is 0 Å². The normalized spacial score (nSPS) is 27.3. The summed E-state index contributed by atoms with van der Waals surface area (Å²) in [5.41, 5.74) is 1.74. The van der Waals surface area contributed by atoms with E-state index in [0.29, 0.717) is 11.6 Å². The highest BCUT2D eigenvalue weighted by Crippen LogP contribution is 2.35. The molecule has 2 unspecified atom stereocenters. The Bertz CT molecular complexity index is 461. The molecule has 1 saturated carbocycles. The molecule has 118 valence electrons. The molecule has 2 fully saturated rings. The molecule has 4 heteroatoms. The van der Waals surface area contributed by atoms with Crippen molar-refractivity contribution in [2.75, 3.05) is 13.1 Å². The van der Waals surface area contributed by atoms with Gasteiger partial charge in [0.25, 0.3) is 0 Å². The lowest BCUT2D eigenvalue weighted by Crippen LogP contribution is -2.64. The number of nitrogens with one attached hydrogen (secondary N) is 1. The van der Waals surface area contributed by atoms with Gasteiger partial charge in [0.15, 0.2) is 0 Å². The highest BCUT2D eigenvalue weighted by atomic mass is 15.3. The average molecular weight is 290 g/mol. The first-order valence-corrected chi connectivity index (χ1v) is 8.58. The average Bonchev–Trinajstić information content (AvgIpc) is 3.08. The van der Waals surface area contributed by atoms with Crippen LogP contribution in [0.15, 0.2) is 12.4 Å². The zero-order valence-corrected chi connectivity index (χ0v) is 13.8. The van der Waals surface area contributed by atoms with Crippen molar-refractivity contribution in [3.8, 4) is 0 Å². The van der Waals surface area contributed by atoms with Crippen LogP contribution in [0.5, 0.6) is 0 Å². The molecule has 1 aliphatic carbocycles. The van der Waals surface area contributed by atoms with Crippen LogP contribution >= 0.6 is 0 Å². The molecule has 0 bridgehead atoms. The van der Waals surface area contributed by atoms with Gasteiger partial charge < -0.3 is 5.32 Å². The summed E-state index contributed by atoms with van der Waals surface area (Å²) < 4.78 is 1.92. The van der Waals surface area contributed by atoms with Crippen LogP contribution < -0.4 is 5.32 Å². The van der Waals surface area contributed by atoms with Gasteiger partial charge in [-0.05, 0) is 18.8 Å². The van der Waals surface area contributed by atoms with Gasteiger partial charge in [0.05, 0.1) is 6.20 Å². The van der Waals surface area contributed by atoms with Gasteiger partial charge in [-0.3, -0.25) is 9.58 Å². The second-order valence-electron chi connectivity index (χ2n) is 7.25. The second kappa shape index (κ2) is 6.09. The smallest absolute Gasteiger partial charge is 0.0534 e. The van der Waals surface area contributed by atoms with Gasteiger partial charge >= 0.3 is 0 Å². The van der Waals surface area contributed by atoms with Crippen molar-refractivity contribution in [3.63, 3.8) is 0 Å². The number of hydrogen-bond acceptors (Lipinski definition) is 3. The Balaban J connectivity index is 1.75. The van der Waals surface area contributed by atoms with Gasteiger partial charge in [-0.1, -0.05) is 33.1 Å². The summed E-state index contributed by atoms with van der Waals surface area (Å²) in [6.45, 7) is 8.11. The molecule has 1 aliphatic heterocycles. The van der Waals surface area contributed by atoms with Crippen LogP contribution in [0.3, 0.4) is 0 Å². The third-order valence-electron chi connectivity index (χ3n) is 5.67. The zero-order valence-electron chi connectivity index (χ0n) is 13.8. The molecular weight excluding hydrogens is 260 g/mol. The number of piperazine rings is 1. The van der Waals surface area contributed by atoms with Gasteiger partial charge in [-0.15, -0.1) is 0 Å². The largest absolute Gasteiger partial charge is 0.308 e. The third-order valence-corrected chi connectivity index (χ3v) is 5.67. The van der Waals surface area contributed by atoms with Crippen LogP contribution in [0.25, 0.3) is 0 Å². The van der Waals surface area contributed by atoms with Gasteiger partial charge in [-0.2, -0.15) is 5.10 Å². The number of rotatable bonds is 4. The number of aromatic nitrogens is 2. The van der Waals surface area contributed by atoms with E-state index in [0.717, 1.165) is 19.0 Å². The maximum absolute atomic E-state index is 4.34. The SMILES string of the molecule is CCC(C)C1CNC2(CCCC2)CN1Cc1cnn(C)c1. The van der Waals surface area contributed by atoms with E-state index < -0.39 is 0 Å². The molecule has 0 radical (unpaired) electrons. The quantitative estimate of drug-likeness (QED) is 0.925. The van der Waals surface area contributed by atoms with E-state index in [1.165, 1.54) is 44.2 Å². The predicted molar refractivity (Wildman–Crippen MR) is 86.1 cm³/mol. The Kier molecular flexibility index (Phi) is 4.36. The van der Waals surface area contributed by atoms with Crippen molar-refractivity contribution in [2.45, 2.75) is 64.1 Å². The summed E-state index contributed by atoms with van der Waals surface area (Å²) in [6.07, 6.45) is 10.9. The van der Waals surface area contributed by atoms with Crippen molar-refractivity contribution >= 4 is 0 Å². The van der Waals surface area contributed by atoms with Gasteiger partial charge in [0, 0.05) is 50.0 Å². The van der Waals surface area contributed by atoms with Gasteiger partial charge in [0.2, 0.25) is 0 Å². The Morgan fingerprint density at radius 2 is 2.19 bits per heavy atom. The van der Waals surface area contributed by atoms with Crippen molar-refractivity contribution < 1.29 is 0 Å². The van der Waals surface area contributed by atoms with Crippen LogP contribution in [0, 0.1) is 5.92 Å². The van der Waals surface area contributed by atoms with E-state index in [9.17, 15) is 0 Å². The summed E-state index contributed by atoms with van der Waals surface area (Å²) in [5, 5.41) is 8.25. The van der Waals surface area contributed by atoms with E-state index in [1.54, 1.807) is 0 Å². The lowest BCUT2D eigenvalue weighted by Gasteiger charge is -2.48. The van der Waals surface area contributed by atoms with E-state index in [2.05, 4.69) is 35.4 Å². The highest BCUT2D eigenvalue weighted by molar-refractivity contribution is 5.08. The fourth-order valence-electron chi connectivity index (χ4n) is 4.19. The second-order valence-corrected chi connectivity index (χ2v) is 7.25. The molecule has 2 atom stereocenters. The molecule has 0 amide bonds. The van der Waals surface area contributed by atoms with Crippen LogP contribution in [0.2, 0.25) is 0 Å². The molecule has 1 aromatic rings. The highest BCUT2D eigenvalue weighted by Gasteiger charge is 2.42. The van der Waals surface area contributed by atoms with Crippen molar-refractivity contribution in [1.82, 2.24) is 20.0 Å². The topological polar surface area (TPSA) is 33.1 Å². The fraction of sp³-hybridized carbons (Fsp3) is 0.824. The Morgan fingerprint density at radius 3 is 2.81 bits per heavy atom. The molecule has 3 rings (SSSR count). The van der Waals surface area contributed by atoms with Crippen molar-refractivity contribution in [3.05, 3.63) is 18.0 Å². The van der Waals surface area contributed by atoms with Crippen LogP contribution in [-0.2, 0) is 13.6 Å². The summed E-state index contributed by atoms with van der Waals surface area (Å²) in [7, 11) is 2.01. The van der Waals surface area contributed by atoms with Crippen LogP contribution in [0.4, 0.5) is 0 Å².